The van der Waals surface area contributed by atoms with E-state index in [0.717, 1.165) is 24.6 Å². The van der Waals surface area contributed by atoms with Crippen LogP contribution in [0.4, 0.5) is 0 Å². The Hall–Kier alpha value is -0.0200. The summed E-state index contributed by atoms with van der Waals surface area (Å²) in [5.74, 6) is 5.95. The summed E-state index contributed by atoms with van der Waals surface area (Å²) >= 11 is 0. The van der Waals surface area contributed by atoms with Gasteiger partial charge < -0.3 is 0 Å². The van der Waals surface area contributed by atoms with Crippen LogP contribution in [0.5, 0.6) is 0 Å². The van der Waals surface area contributed by atoms with Gasteiger partial charge in [0.2, 0.25) is 0 Å². The topological polar surface area (TPSA) is 27.1 Å². The highest BCUT2D eigenvalue weighted by molar-refractivity contribution is 8.01. The van der Waals surface area contributed by atoms with Gasteiger partial charge in [0, 0.05) is 30.1 Å². The fourth-order valence-corrected chi connectivity index (χ4v) is 2.80. The van der Waals surface area contributed by atoms with Gasteiger partial charge in [0.05, 0.1) is 0 Å². The number of nitrogens with one attached hydrogen (secondary N) is 1. The second-order valence-corrected chi connectivity index (χ2v) is 7.52. The van der Waals surface area contributed by atoms with Crippen molar-refractivity contribution in [3.8, 4) is 0 Å². The Morgan fingerprint density at radius 3 is 2.00 bits per heavy atom. The molecule has 3 heteroatoms. The van der Waals surface area contributed by atoms with Crippen LogP contribution in [0.2, 0.25) is 0 Å². The molecule has 12 heavy (non-hydrogen) atoms. The Labute approximate surface area is 76.4 Å². The van der Waals surface area contributed by atoms with Crippen molar-refractivity contribution in [1.29, 1.82) is 4.78 Å². The third-order valence-corrected chi connectivity index (χ3v) is 4.38. The zero-order valence-electron chi connectivity index (χ0n) is 8.39. The highest BCUT2D eigenvalue weighted by atomic mass is 32.2. The van der Waals surface area contributed by atoms with Crippen LogP contribution < -0.4 is 0 Å². The summed E-state index contributed by atoms with van der Waals surface area (Å²) in [4.78, 5) is 2.46. The predicted molar refractivity (Wildman–Crippen MR) is 58.3 cm³/mol. The van der Waals surface area contributed by atoms with Crippen LogP contribution in [-0.2, 0) is 9.41 Å². The normalized spacial score (nSPS) is 25.6. The molecule has 1 rings (SSSR count). The Morgan fingerprint density at radius 1 is 1.25 bits per heavy atom. The minimum atomic E-state index is -1.22. The standard InChI is InChI=1S/C9H20N2S/c1-9(2,3)11-5-7-12(4,10)8-6-11/h10H,4-8H2,1-3H3. The second-order valence-electron chi connectivity index (χ2n) is 4.61. The Kier molecular flexibility index (Phi) is 2.55. The highest BCUT2D eigenvalue weighted by Gasteiger charge is 2.24. The average molecular weight is 188 g/mol. The lowest BCUT2D eigenvalue weighted by Crippen LogP contribution is -2.49. The first-order chi connectivity index (χ1) is 5.31. The van der Waals surface area contributed by atoms with E-state index in [9.17, 15) is 0 Å². The lowest BCUT2D eigenvalue weighted by molar-refractivity contribution is 0.152. The molecule has 1 fully saturated rings. The first kappa shape index (κ1) is 10.1. The van der Waals surface area contributed by atoms with Gasteiger partial charge in [-0.1, -0.05) is 5.87 Å². The van der Waals surface area contributed by atoms with Crippen molar-refractivity contribution in [3.63, 3.8) is 0 Å². The molecule has 0 aromatic rings. The maximum absolute atomic E-state index is 7.87. The van der Waals surface area contributed by atoms with Gasteiger partial charge in [-0.05, 0) is 20.8 Å². The quantitative estimate of drug-likeness (QED) is 0.572. The molecule has 1 saturated heterocycles. The van der Waals surface area contributed by atoms with Crippen molar-refractivity contribution in [2.45, 2.75) is 26.3 Å². The molecule has 1 N–H and O–H groups in total. The average Bonchev–Trinajstić information content (AvgIpc) is 1.83. The molecule has 1 heterocycles. The van der Waals surface area contributed by atoms with Crippen LogP contribution >= 0.6 is 0 Å². The molecular formula is C9H20N2S. The van der Waals surface area contributed by atoms with Crippen LogP contribution in [0.25, 0.3) is 0 Å². The number of hydrogen-bond donors (Lipinski definition) is 1. The largest absolute Gasteiger partial charge is 0.297 e. The number of hydrogen-bond acceptors (Lipinski definition) is 2. The SMILES string of the molecule is C=S1(=N)CCN(C(C)(C)C)CC1. The highest BCUT2D eigenvalue weighted by Crippen LogP contribution is 2.16. The minimum absolute atomic E-state index is 0.274. The van der Waals surface area contributed by atoms with E-state index in [4.69, 9.17) is 4.78 Å². The van der Waals surface area contributed by atoms with E-state index in [-0.39, 0.29) is 5.54 Å². The van der Waals surface area contributed by atoms with Crippen LogP contribution in [0.1, 0.15) is 20.8 Å². The molecule has 0 aromatic carbocycles. The van der Waals surface area contributed by atoms with E-state index in [0.29, 0.717) is 0 Å². The van der Waals surface area contributed by atoms with Gasteiger partial charge in [0.15, 0.2) is 0 Å². The molecule has 0 spiro atoms. The van der Waals surface area contributed by atoms with Gasteiger partial charge in [-0.15, -0.1) is 9.41 Å². The van der Waals surface area contributed by atoms with Crippen molar-refractivity contribution in [2.75, 3.05) is 24.6 Å². The van der Waals surface area contributed by atoms with Gasteiger partial charge in [0.25, 0.3) is 0 Å². The van der Waals surface area contributed by atoms with E-state index in [1.807, 2.05) is 0 Å². The Bertz CT molecular complexity index is 232. The zero-order valence-corrected chi connectivity index (χ0v) is 9.21. The van der Waals surface area contributed by atoms with Crippen LogP contribution in [-0.4, -0.2) is 40.9 Å². The molecule has 2 nitrogen and oxygen atoms in total. The van der Waals surface area contributed by atoms with E-state index < -0.39 is 9.41 Å². The molecule has 0 atom stereocenters. The molecule has 0 bridgehead atoms. The second kappa shape index (κ2) is 3.04. The number of nitrogens with zero attached hydrogens (tertiary/aromatic N) is 1. The van der Waals surface area contributed by atoms with Gasteiger partial charge in [-0.3, -0.25) is 9.68 Å². The molecular weight excluding hydrogens is 168 g/mol. The van der Waals surface area contributed by atoms with E-state index in [1.165, 1.54) is 0 Å². The molecule has 0 amide bonds. The van der Waals surface area contributed by atoms with Gasteiger partial charge >= 0.3 is 0 Å². The molecule has 1 aliphatic rings. The summed E-state index contributed by atoms with van der Waals surface area (Å²) in [7, 11) is -1.22. The summed E-state index contributed by atoms with van der Waals surface area (Å²) in [5.41, 5.74) is 0.274. The minimum Gasteiger partial charge on any atom is -0.297 e. The molecule has 0 saturated carbocycles. The van der Waals surface area contributed by atoms with Crippen LogP contribution in [0, 0.1) is 4.78 Å². The van der Waals surface area contributed by atoms with Crippen LogP contribution in [0.15, 0.2) is 0 Å². The summed E-state index contributed by atoms with van der Waals surface area (Å²) in [5, 5.41) is 0. The van der Waals surface area contributed by atoms with Crippen LogP contribution in [0.3, 0.4) is 0 Å². The Balaban J connectivity index is 2.58. The first-order valence-corrected chi connectivity index (χ1v) is 6.57. The molecule has 0 aliphatic carbocycles. The zero-order chi connectivity index (χ0) is 9.41. The van der Waals surface area contributed by atoms with E-state index in [1.54, 1.807) is 0 Å². The lowest BCUT2D eigenvalue weighted by Gasteiger charge is -2.40. The predicted octanol–water partition coefficient (Wildman–Crippen LogP) is 1.45. The smallest absolute Gasteiger partial charge is 0.0125 e. The summed E-state index contributed by atoms with van der Waals surface area (Å²) in [6.07, 6.45) is 0. The van der Waals surface area contributed by atoms with Gasteiger partial charge in [0.1, 0.15) is 0 Å². The Morgan fingerprint density at radius 2 is 1.67 bits per heavy atom. The summed E-state index contributed by atoms with van der Waals surface area (Å²) < 4.78 is 7.87. The molecule has 1 aliphatic heterocycles. The fraction of sp³-hybridized carbons (Fsp3) is 0.889. The van der Waals surface area contributed by atoms with Crippen molar-refractivity contribution < 1.29 is 0 Å². The van der Waals surface area contributed by atoms with Gasteiger partial charge in [-0.25, -0.2) is 0 Å². The fourth-order valence-electron chi connectivity index (χ4n) is 1.45. The van der Waals surface area contributed by atoms with E-state index in [2.05, 4.69) is 31.5 Å². The summed E-state index contributed by atoms with van der Waals surface area (Å²) in [6.45, 7) is 8.84. The van der Waals surface area contributed by atoms with Crippen molar-refractivity contribution in [2.24, 2.45) is 0 Å². The first-order valence-electron chi connectivity index (χ1n) is 4.43. The lowest BCUT2D eigenvalue weighted by atomic mass is 10.1. The maximum atomic E-state index is 7.87. The third kappa shape index (κ3) is 2.49. The molecule has 72 valence electrons. The molecule has 0 aromatic heterocycles. The van der Waals surface area contributed by atoms with Gasteiger partial charge in [-0.2, -0.15) is 0 Å². The van der Waals surface area contributed by atoms with Crippen molar-refractivity contribution in [3.05, 3.63) is 0 Å². The monoisotopic (exact) mass is 188 g/mol. The van der Waals surface area contributed by atoms with Crippen molar-refractivity contribution >= 4 is 15.3 Å². The molecule has 0 radical (unpaired) electrons. The van der Waals surface area contributed by atoms with Crippen molar-refractivity contribution in [1.82, 2.24) is 4.90 Å². The number of rotatable bonds is 0. The van der Waals surface area contributed by atoms with E-state index >= 15 is 0 Å². The summed E-state index contributed by atoms with van der Waals surface area (Å²) in [6, 6.07) is 0. The molecule has 0 unspecified atom stereocenters. The third-order valence-electron chi connectivity index (χ3n) is 2.45. The maximum Gasteiger partial charge on any atom is 0.0125 e.